The maximum Gasteiger partial charge on any atom is 3.00 e. The number of imidazole rings is 2. The standard InChI is InChI=1S/2C27H27N2.2C16H12N2O.2Ir/c2*1-19(2)24-17-23(21-11-7-5-8-12-21)18-25(20(3)4)26(24)29-16-15-28-27(29)22-13-9-6-10-14-22;2*1-17-9-10-18(11-17)14-7-4-6-13-12-5-2-3-8-15(12)19-16(13)14;;/h2*5-13,15-20H,1-4H3;2*2-6,8-11H,1H3;;/q2*-1;2*-2;2*+3. The molecule has 0 saturated heterocycles. The van der Waals surface area contributed by atoms with Gasteiger partial charge in [0.05, 0.1) is 11.6 Å². The van der Waals surface area contributed by atoms with Gasteiger partial charge in [0.2, 0.25) is 0 Å². The van der Waals surface area contributed by atoms with Crippen LogP contribution in [0, 0.1) is 37.6 Å². The SMILES string of the molecule is CC(C)c1cc(-c2ccccc2)cc(C(C)C)c1-n1ccnc1-c1[c-]cccc1.CC(C)c1cc(-c2ccccc2)cc(C(C)C)c1-n1ccnc1-c1[c-]cccc1.CN1C=CN(c2[c-]ccc3c2oc2ccccc23)[CH-]1.CN1C=CN(c2[c-]ccc3c2oc2ccccc23)[CH-]1.[Ir+3].[Ir+3]. The van der Waals surface area contributed by atoms with Crippen LogP contribution in [-0.2, 0) is 40.2 Å². The Kier molecular flexibility index (Phi) is 22.1. The molecule has 6 heterocycles. The fourth-order valence-electron chi connectivity index (χ4n) is 12.6. The second-order valence-electron chi connectivity index (χ2n) is 25.5. The van der Waals surface area contributed by atoms with Gasteiger partial charge in [0.15, 0.2) is 0 Å². The molecule has 98 heavy (non-hydrogen) atoms. The maximum atomic E-state index is 5.99. The van der Waals surface area contributed by atoms with E-state index in [1.54, 1.807) is 0 Å². The Hall–Kier alpha value is -9.80. The number of benzene rings is 10. The number of para-hydroxylation sites is 2. The zero-order valence-corrected chi connectivity index (χ0v) is 61.6. The van der Waals surface area contributed by atoms with Gasteiger partial charge in [-0.2, -0.15) is 49.7 Å². The van der Waals surface area contributed by atoms with Crippen molar-refractivity contribution in [2.24, 2.45) is 0 Å². The quantitative estimate of drug-likeness (QED) is 0.112. The van der Waals surface area contributed by atoms with Gasteiger partial charge in [0.25, 0.3) is 0 Å². The number of aromatic nitrogens is 4. The molecule has 0 radical (unpaired) electrons. The summed E-state index contributed by atoms with van der Waals surface area (Å²) in [6.45, 7) is 22.1. The van der Waals surface area contributed by atoms with Crippen LogP contribution in [0.25, 0.3) is 100 Å². The van der Waals surface area contributed by atoms with Crippen molar-refractivity contribution in [3.63, 3.8) is 0 Å². The first-order valence-corrected chi connectivity index (χ1v) is 33.0. The Bertz CT molecular complexity index is 4650. The van der Waals surface area contributed by atoms with E-state index in [0.29, 0.717) is 23.7 Å². The molecule has 2 aliphatic heterocycles. The minimum atomic E-state index is 0. The van der Waals surface area contributed by atoms with E-state index in [4.69, 9.17) is 8.83 Å². The second-order valence-corrected chi connectivity index (χ2v) is 25.5. The molecule has 14 aromatic rings. The fourth-order valence-corrected chi connectivity index (χ4v) is 12.6. The number of hydrogen-bond acceptors (Lipinski definition) is 8. The second kappa shape index (κ2) is 31.2. The molecule has 10 nitrogen and oxygen atoms in total. The summed E-state index contributed by atoms with van der Waals surface area (Å²) in [5.41, 5.74) is 20.4. The van der Waals surface area contributed by atoms with Crippen molar-refractivity contribution in [1.29, 1.82) is 0 Å². The van der Waals surface area contributed by atoms with Crippen molar-refractivity contribution < 1.29 is 49.0 Å². The van der Waals surface area contributed by atoms with Crippen LogP contribution in [-0.4, -0.2) is 43.0 Å². The summed E-state index contributed by atoms with van der Waals surface area (Å²) in [5.74, 6) is 3.42. The van der Waals surface area contributed by atoms with Gasteiger partial charge in [0.1, 0.15) is 11.2 Å². The molecule has 4 aromatic heterocycles. The average molecular weight is 1640 g/mol. The van der Waals surface area contributed by atoms with Gasteiger partial charge in [-0.05, 0) is 143 Å². The minimum Gasteiger partial charge on any atom is -0.514 e. The van der Waals surface area contributed by atoms with Gasteiger partial charge < -0.3 is 37.6 Å². The molecule has 10 aromatic carbocycles. The minimum absolute atomic E-state index is 0. The van der Waals surface area contributed by atoms with Crippen molar-refractivity contribution in [3.8, 4) is 56.4 Å². The molecule has 0 saturated carbocycles. The molecule has 0 fully saturated rings. The fraction of sp³-hybridized carbons (Fsp3) is 0.163. The summed E-state index contributed by atoms with van der Waals surface area (Å²) in [4.78, 5) is 17.4. The number of anilines is 2. The van der Waals surface area contributed by atoms with E-state index in [0.717, 1.165) is 78.0 Å². The van der Waals surface area contributed by atoms with Crippen molar-refractivity contribution in [2.75, 3.05) is 23.9 Å². The van der Waals surface area contributed by atoms with Crippen LogP contribution in [0.3, 0.4) is 0 Å². The third kappa shape index (κ3) is 14.7. The molecule has 0 amide bonds. The van der Waals surface area contributed by atoms with Crippen LogP contribution in [0.1, 0.15) is 101 Å². The number of hydrogen-bond donors (Lipinski definition) is 0. The van der Waals surface area contributed by atoms with Crippen LogP contribution >= 0.6 is 0 Å². The number of furan rings is 2. The van der Waals surface area contributed by atoms with Gasteiger partial charge >= 0.3 is 40.2 Å². The van der Waals surface area contributed by atoms with Crippen molar-refractivity contribution in [1.82, 2.24) is 28.9 Å². The van der Waals surface area contributed by atoms with E-state index in [2.05, 4.69) is 220 Å². The van der Waals surface area contributed by atoms with E-state index in [1.807, 2.05) is 181 Å². The van der Waals surface area contributed by atoms with Crippen LogP contribution in [0.4, 0.5) is 11.4 Å². The smallest absolute Gasteiger partial charge is 0.514 e. The molecule has 16 rings (SSSR count). The van der Waals surface area contributed by atoms with Crippen molar-refractivity contribution in [3.05, 3.63) is 316 Å². The van der Waals surface area contributed by atoms with Gasteiger partial charge in [-0.3, -0.25) is 9.97 Å². The summed E-state index contributed by atoms with van der Waals surface area (Å²) in [6.07, 6.45) is 15.9. The van der Waals surface area contributed by atoms with Gasteiger partial charge in [-0.1, -0.05) is 175 Å². The third-order valence-electron chi connectivity index (χ3n) is 17.4. The van der Waals surface area contributed by atoms with E-state index in [1.165, 1.54) is 55.9 Å². The molecule has 0 atom stereocenters. The predicted molar refractivity (Wildman–Crippen MR) is 395 cm³/mol. The largest absolute Gasteiger partial charge is 3.00 e. The van der Waals surface area contributed by atoms with E-state index in [9.17, 15) is 0 Å². The first-order valence-electron chi connectivity index (χ1n) is 33.0. The van der Waals surface area contributed by atoms with Gasteiger partial charge in [0, 0.05) is 58.1 Å². The molecule has 0 spiro atoms. The number of nitrogens with zero attached hydrogens (tertiary/aromatic N) is 8. The first-order chi connectivity index (χ1) is 46.8. The average Bonchev–Trinajstić information content (AvgIpc) is 1.50. The van der Waals surface area contributed by atoms with Crippen LogP contribution < -0.4 is 9.80 Å². The molecule has 12 heteroatoms. The summed E-state index contributed by atoms with van der Waals surface area (Å²) in [6, 6.07) is 84.1. The number of rotatable bonds is 12. The van der Waals surface area contributed by atoms with E-state index in [-0.39, 0.29) is 40.2 Å². The molecule has 0 bridgehead atoms. The first kappa shape index (κ1) is 69.5. The van der Waals surface area contributed by atoms with E-state index < -0.39 is 0 Å². The molecule has 0 aliphatic carbocycles. The summed E-state index contributed by atoms with van der Waals surface area (Å²) in [5, 5.41) is 4.54. The Labute approximate surface area is 603 Å². The summed E-state index contributed by atoms with van der Waals surface area (Å²) >= 11 is 0. The van der Waals surface area contributed by atoms with Crippen molar-refractivity contribution >= 4 is 55.3 Å². The monoisotopic (exact) mass is 1640 g/mol. The molecule has 0 unspecified atom stereocenters. The van der Waals surface area contributed by atoms with Crippen LogP contribution in [0.2, 0.25) is 0 Å². The topological polar surface area (TPSA) is 74.9 Å². The summed E-state index contributed by atoms with van der Waals surface area (Å²) < 4.78 is 16.5. The van der Waals surface area contributed by atoms with Gasteiger partial charge in [-0.15, -0.1) is 71.8 Å². The normalized spacial score (nSPS) is 12.6. The molecular formula is C86H78Ir2N8O2. The Balaban J connectivity index is 0.000000134. The third-order valence-corrected chi connectivity index (χ3v) is 17.4. The summed E-state index contributed by atoms with van der Waals surface area (Å²) in [7, 11) is 3.99. The van der Waals surface area contributed by atoms with Gasteiger partial charge in [-0.25, -0.2) is 0 Å². The molecule has 0 N–H and O–H groups in total. The Morgan fingerprint density at radius 3 is 1.06 bits per heavy atom. The molecule has 2 aliphatic rings. The van der Waals surface area contributed by atoms with Crippen LogP contribution in [0.5, 0.6) is 0 Å². The molecular weight excluding hydrogens is 1560 g/mol. The predicted octanol–water partition coefficient (Wildman–Crippen LogP) is 22.0. The van der Waals surface area contributed by atoms with E-state index >= 15 is 0 Å². The zero-order valence-electron chi connectivity index (χ0n) is 56.8. The Morgan fingerprint density at radius 1 is 0.367 bits per heavy atom. The Morgan fingerprint density at radius 2 is 0.724 bits per heavy atom. The maximum absolute atomic E-state index is 5.99. The van der Waals surface area contributed by atoms with Crippen molar-refractivity contribution in [2.45, 2.75) is 79.1 Å². The number of fused-ring (bicyclic) bond motifs is 6. The van der Waals surface area contributed by atoms with Crippen LogP contribution in [0.15, 0.2) is 265 Å². The molecule has 492 valence electrons. The zero-order chi connectivity index (χ0) is 66.4.